The van der Waals surface area contributed by atoms with Crippen molar-refractivity contribution in [3.8, 4) is 0 Å². The number of alkyl halides is 5. The van der Waals surface area contributed by atoms with Crippen LogP contribution >= 0.6 is 11.6 Å². The molecule has 0 unspecified atom stereocenters. The number of rotatable bonds is 5. The molecule has 1 aromatic carbocycles. The van der Waals surface area contributed by atoms with Gasteiger partial charge in [-0.15, -0.1) is 0 Å². The standard InChI is InChI=1S/C25H22ClF5N6O2/c1-12-8-14(13(2)32-16-4-5-18(26)34-20(16)22(38)39)19-15(9-12)21-33-17(25(29,30)31)10-37(21)23(35-19)36-7-3-6-24(27,28)11-36/h4-5,8-10,13,32H,3,6-7,11H2,1-2H3,(H,38,39)/t13-/m1/s1. The van der Waals surface area contributed by atoms with Crippen LogP contribution in [0.3, 0.4) is 0 Å². The van der Waals surface area contributed by atoms with Crippen molar-refractivity contribution in [3.05, 3.63) is 58.1 Å². The lowest BCUT2D eigenvalue weighted by molar-refractivity contribution is -0.140. The van der Waals surface area contributed by atoms with Crippen LogP contribution in [0.1, 0.15) is 53.1 Å². The molecule has 4 heterocycles. The van der Waals surface area contributed by atoms with Gasteiger partial charge in [-0.05, 0) is 44.0 Å². The van der Waals surface area contributed by atoms with E-state index in [0.29, 0.717) is 11.1 Å². The third-order valence-corrected chi connectivity index (χ3v) is 6.74. The van der Waals surface area contributed by atoms with Crippen LogP contribution in [0, 0.1) is 6.92 Å². The van der Waals surface area contributed by atoms with Crippen molar-refractivity contribution in [2.24, 2.45) is 0 Å². The summed E-state index contributed by atoms with van der Waals surface area (Å²) in [4.78, 5) is 25.3. The van der Waals surface area contributed by atoms with E-state index in [4.69, 9.17) is 11.6 Å². The smallest absolute Gasteiger partial charge is 0.434 e. The fourth-order valence-electron chi connectivity index (χ4n) is 4.83. The molecule has 0 spiro atoms. The first-order valence-electron chi connectivity index (χ1n) is 11.9. The van der Waals surface area contributed by atoms with Crippen LogP contribution < -0.4 is 10.2 Å². The van der Waals surface area contributed by atoms with E-state index in [1.165, 1.54) is 17.0 Å². The van der Waals surface area contributed by atoms with E-state index >= 15 is 0 Å². The van der Waals surface area contributed by atoms with Crippen molar-refractivity contribution in [2.45, 2.75) is 44.8 Å². The SMILES string of the molecule is Cc1cc([C@@H](C)Nc2ccc(Cl)nc2C(=O)O)c2nc(N3CCCC(F)(F)C3)n3cc(C(F)(F)F)nc3c2c1. The Labute approximate surface area is 223 Å². The van der Waals surface area contributed by atoms with Gasteiger partial charge in [0.05, 0.1) is 23.8 Å². The Morgan fingerprint density at radius 2 is 1.95 bits per heavy atom. The Bertz CT molecular complexity index is 1610. The summed E-state index contributed by atoms with van der Waals surface area (Å²) < 4.78 is 70.8. The quantitative estimate of drug-likeness (QED) is 0.213. The van der Waals surface area contributed by atoms with Gasteiger partial charge in [0.15, 0.2) is 11.4 Å². The van der Waals surface area contributed by atoms with Gasteiger partial charge in [0.1, 0.15) is 10.8 Å². The number of hydrogen-bond donors (Lipinski definition) is 2. The maximum absolute atomic E-state index is 14.3. The van der Waals surface area contributed by atoms with Gasteiger partial charge < -0.3 is 15.3 Å². The van der Waals surface area contributed by atoms with Gasteiger partial charge in [-0.3, -0.25) is 4.40 Å². The molecule has 0 amide bonds. The number of carboxylic acid groups (broad SMARTS) is 1. The summed E-state index contributed by atoms with van der Waals surface area (Å²) in [7, 11) is 0. The number of nitrogens with zero attached hydrogens (tertiary/aromatic N) is 5. The average molecular weight is 569 g/mol. The van der Waals surface area contributed by atoms with Gasteiger partial charge in [0, 0.05) is 30.1 Å². The summed E-state index contributed by atoms with van der Waals surface area (Å²) in [6.07, 6.45) is -4.19. The van der Waals surface area contributed by atoms with Gasteiger partial charge >= 0.3 is 12.1 Å². The molecular formula is C25H22ClF5N6O2. The van der Waals surface area contributed by atoms with Crippen molar-refractivity contribution in [3.63, 3.8) is 0 Å². The second-order valence-corrected chi connectivity index (χ2v) is 9.95. The second kappa shape index (κ2) is 9.47. The minimum Gasteiger partial charge on any atom is -0.476 e. The molecule has 3 aromatic heterocycles. The van der Waals surface area contributed by atoms with E-state index in [9.17, 15) is 31.9 Å². The monoisotopic (exact) mass is 568 g/mol. The molecule has 1 aliphatic rings. The molecule has 14 heteroatoms. The van der Waals surface area contributed by atoms with Gasteiger partial charge in [0.2, 0.25) is 5.95 Å². The first kappa shape index (κ1) is 26.9. The average Bonchev–Trinajstić information content (AvgIpc) is 3.30. The minimum atomic E-state index is -4.77. The normalized spacial score (nSPS) is 16.6. The summed E-state index contributed by atoms with van der Waals surface area (Å²) in [6.45, 7) is 2.93. The molecule has 1 aliphatic heterocycles. The number of aromatic nitrogens is 4. The molecule has 206 valence electrons. The van der Waals surface area contributed by atoms with Crippen molar-refractivity contribution in [1.29, 1.82) is 0 Å². The third kappa shape index (κ3) is 5.14. The summed E-state index contributed by atoms with van der Waals surface area (Å²) in [5, 5.41) is 12.9. The van der Waals surface area contributed by atoms with Gasteiger partial charge in [0.25, 0.3) is 5.92 Å². The van der Waals surface area contributed by atoms with E-state index in [2.05, 4.69) is 20.3 Å². The van der Waals surface area contributed by atoms with Crippen LogP contribution in [-0.2, 0) is 6.18 Å². The van der Waals surface area contributed by atoms with E-state index < -0.39 is 36.3 Å². The highest BCUT2D eigenvalue weighted by Crippen LogP contribution is 2.37. The number of anilines is 2. The number of hydrogen-bond acceptors (Lipinski definition) is 6. The lowest BCUT2D eigenvalue weighted by Crippen LogP contribution is -2.43. The maximum atomic E-state index is 14.3. The van der Waals surface area contributed by atoms with E-state index in [1.807, 2.05) is 0 Å². The third-order valence-electron chi connectivity index (χ3n) is 6.53. The number of nitrogens with one attached hydrogen (secondary N) is 1. The number of pyridine rings is 1. The summed E-state index contributed by atoms with van der Waals surface area (Å²) in [6, 6.07) is 5.61. The summed E-state index contributed by atoms with van der Waals surface area (Å²) >= 11 is 5.85. The molecule has 0 radical (unpaired) electrons. The number of carboxylic acids is 1. The molecular weight excluding hydrogens is 547 g/mol. The molecule has 0 saturated carbocycles. The Balaban J connectivity index is 1.72. The lowest BCUT2D eigenvalue weighted by atomic mass is 10.0. The van der Waals surface area contributed by atoms with E-state index in [-0.39, 0.29) is 58.4 Å². The number of fused-ring (bicyclic) bond motifs is 3. The molecule has 2 N–H and O–H groups in total. The number of aryl methyl sites for hydroxylation is 1. The Morgan fingerprint density at radius 1 is 1.21 bits per heavy atom. The van der Waals surface area contributed by atoms with Crippen molar-refractivity contribution in [2.75, 3.05) is 23.3 Å². The van der Waals surface area contributed by atoms with E-state index in [1.54, 1.807) is 26.0 Å². The molecule has 4 aromatic rings. The highest BCUT2D eigenvalue weighted by molar-refractivity contribution is 6.29. The number of imidazole rings is 1. The topological polar surface area (TPSA) is 95.6 Å². The zero-order valence-electron chi connectivity index (χ0n) is 20.7. The first-order chi connectivity index (χ1) is 18.2. The maximum Gasteiger partial charge on any atom is 0.434 e. The largest absolute Gasteiger partial charge is 0.476 e. The highest BCUT2D eigenvalue weighted by atomic mass is 35.5. The first-order valence-corrected chi connectivity index (χ1v) is 12.3. The molecule has 1 atom stereocenters. The fraction of sp³-hybridized carbons (Fsp3) is 0.360. The number of halogens is 6. The van der Waals surface area contributed by atoms with Gasteiger partial charge in [-0.25, -0.2) is 28.5 Å². The summed E-state index contributed by atoms with van der Waals surface area (Å²) in [5.74, 6) is -4.43. The minimum absolute atomic E-state index is 0.0154. The van der Waals surface area contributed by atoms with E-state index in [0.717, 1.165) is 10.6 Å². The summed E-state index contributed by atoms with van der Waals surface area (Å²) in [5.41, 5.74) is 0.0149. The molecule has 0 bridgehead atoms. The number of benzene rings is 1. The zero-order valence-corrected chi connectivity index (χ0v) is 21.4. The van der Waals surface area contributed by atoms with Crippen molar-refractivity contribution >= 4 is 45.8 Å². The zero-order chi connectivity index (χ0) is 28.3. The second-order valence-electron chi connectivity index (χ2n) is 9.56. The van der Waals surface area contributed by atoms with Crippen LogP contribution in [0.15, 0.2) is 30.5 Å². The molecule has 1 fully saturated rings. The highest BCUT2D eigenvalue weighted by Gasteiger charge is 2.38. The van der Waals surface area contributed by atoms with Crippen LogP contribution in [0.2, 0.25) is 5.15 Å². The number of carbonyl (C=O) groups is 1. The number of piperidine rings is 1. The fourth-order valence-corrected chi connectivity index (χ4v) is 4.98. The van der Waals surface area contributed by atoms with Gasteiger partial charge in [-0.1, -0.05) is 17.7 Å². The molecule has 0 aliphatic carbocycles. The molecule has 1 saturated heterocycles. The Kier molecular flexibility index (Phi) is 6.52. The molecule has 39 heavy (non-hydrogen) atoms. The molecule has 5 rings (SSSR count). The Morgan fingerprint density at radius 3 is 2.62 bits per heavy atom. The van der Waals surface area contributed by atoms with Crippen LogP contribution in [-0.4, -0.2) is 49.4 Å². The molecule has 8 nitrogen and oxygen atoms in total. The van der Waals surface area contributed by atoms with Crippen LogP contribution in [0.5, 0.6) is 0 Å². The van der Waals surface area contributed by atoms with Crippen molar-refractivity contribution in [1.82, 2.24) is 19.4 Å². The van der Waals surface area contributed by atoms with Gasteiger partial charge in [-0.2, -0.15) is 13.2 Å². The Hall–Kier alpha value is -3.74. The van der Waals surface area contributed by atoms with Crippen LogP contribution in [0.4, 0.5) is 33.6 Å². The van der Waals surface area contributed by atoms with Crippen molar-refractivity contribution < 1.29 is 31.9 Å². The lowest BCUT2D eigenvalue weighted by Gasteiger charge is -2.33. The predicted octanol–water partition coefficient (Wildman–Crippen LogP) is 6.36. The predicted molar refractivity (Wildman–Crippen MR) is 135 cm³/mol. The van der Waals surface area contributed by atoms with Crippen LogP contribution in [0.25, 0.3) is 16.6 Å². The number of aromatic carboxylic acids is 1.